The molecule has 49 heavy (non-hydrogen) atoms. The highest BCUT2D eigenvalue weighted by Crippen LogP contribution is 2.37. The summed E-state index contributed by atoms with van der Waals surface area (Å²) in [5.74, 6) is -3.03. The second-order valence-corrected chi connectivity index (χ2v) is 13.1. The Morgan fingerprint density at radius 2 is 1.78 bits per heavy atom. The van der Waals surface area contributed by atoms with Crippen LogP contribution in [0.25, 0.3) is 0 Å². The van der Waals surface area contributed by atoms with Crippen molar-refractivity contribution in [1.82, 2.24) is 35.6 Å². The summed E-state index contributed by atoms with van der Waals surface area (Å²) in [7, 11) is 0. The number of nitrogens with zero attached hydrogens (tertiary/aromatic N) is 5. The molecule has 5 heterocycles. The van der Waals surface area contributed by atoms with Crippen LogP contribution in [0.2, 0.25) is 5.28 Å². The van der Waals surface area contributed by atoms with Gasteiger partial charge in [0.15, 0.2) is 11.5 Å². The molecule has 0 spiro atoms. The number of primary amides is 1. The molecule has 254 valence electrons. The van der Waals surface area contributed by atoms with Crippen molar-refractivity contribution < 1.29 is 28.4 Å². The van der Waals surface area contributed by atoms with E-state index in [9.17, 15) is 24.0 Å². The van der Waals surface area contributed by atoms with E-state index in [2.05, 4.69) is 36.0 Å². The third kappa shape index (κ3) is 6.36. The molecule has 4 aliphatic rings. The average molecular weight is 690 g/mol. The molecule has 3 atom stereocenters. The molecule has 3 saturated heterocycles. The van der Waals surface area contributed by atoms with Crippen LogP contribution in [-0.4, -0.2) is 86.7 Å². The maximum atomic E-state index is 15.3. The second kappa shape index (κ2) is 13.2. The number of carbonyl (C=O) groups is 5. The third-order valence-electron chi connectivity index (χ3n) is 9.85. The van der Waals surface area contributed by atoms with Crippen molar-refractivity contribution in [2.24, 2.45) is 11.7 Å². The number of fused-ring (bicyclic) bond motifs is 1. The van der Waals surface area contributed by atoms with Gasteiger partial charge in [0, 0.05) is 24.7 Å². The zero-order valence-corrected chi connectivity index (χ0v) is 27.0. The normalized spacial score (nSPS) is 23.1. The first-order chi connectivity index (χ1) is 23.6. The summed E-state index contributed by atoms with van der Waals surface area (Å²) in [5, 5.41) is 15.6. The minimum Gasteiger partial charge on any atom is -0.364 e. The van der Waals surface area contributed by atoms with Crippen LogP contribution in [0.3, 0.4) is 0 Å². The minimum atomic E-state index is -1.00. The Bertz CT molecular complexity index is 1880. The van der Waals surface area contributed by atoms with E-state index in [1.807, 2.05) is 6.07 Å². The van der Waals surface area contributed by atoms with Gasteiger partial charge < -0.3 is 21.3 Å². The van der Waals surface area contributed by atoms with Gasteiger partial charge in [-0.2, -0.15) is 4.98 Å². The average Bonchev–Trinajstić information content (AvgIpc) is 3.63. The number of piperidine rings is 2. The smallest absolute Gasteiger partial charge is 0.273 e. The van der Waals surface area contributed by atoms with Crippen molar-refractivity contribution in [2.45, 2.75) is 50.1 Å². The predicted molar refractivity (Wildman–Crippen MR) is 173 cm³/mol. The lowest BCUT2D eigenvalue weighted by molar-refractivity contribution is -0.136. The Kier molecular flexibility index (Phi) is 8.81. The molecule has 3 fully saturated rings. The van der Waals surface area contributed by atoms with Crippen LogP contribution in [0.5, 0.6) is 0 Å². The molecule has 0 radical (unpaired) electrons. The van der Waals surface area contributed by atoms with E-state index < -0.39 is 35.6 Å². The number of nitrogens with two attached hydrogens (primary N) is 1. The van der Waals surface area contributed by atoms with E-state index in [0.29, 0.717) is 11.3 Å². The van der Waals surface area contributed by atoms with Crippen molar-refractivity contribution >= 4 is 52.6 Å². The zero-order chi connectivity index (χ0) is 34.4. The summed E-state index contributed by atoms with van der Waals surface area (Å²) in [6.45, 7) is 3.21. The lowest BCUT2D eigenvalue weighted by atomic mass is 9.87. The number of hydrogen-bond acceptors (Lipinski definition) is 11. The van der Waals surface area contributed by atoms with Gasteiger partial charge in [0.2, 0.25) is 17.1 Å². The first kappa shape index (κ1) is 32.7. The van der Waals surface area contributed by atoms with E-state index in [1.54, 1.807) is 24.3 Å². The molecular formula is C33H33ClFN9O5. The monoisotopic (exact) mass is 689 g/mol. The van der Waals surface area contributed by atoms with Crippen LogP contribution in [-0.2, 0) is 9.59 Å². The van der Waals surface area contributed by atoms with Gasteiger partial charge in [0.05, 0.1) is 11.1 Å². The highest BCUT2D eigenvalue weighted by molar-refractivity contribution is 6.28. The first-order valence-corrected chi connectivity index (χ1v) is 16.5. The number of anilines is 2. The molecule has 7 rings (SSSR count). The van der Waals surface area contributed by atoms with E-state index in [-0.39, 0.29) is 64.5 Å². The van der Waals surface area contributed by atoms with E-state index in [4.69, 9.17) is 17.3 Å². The number of amides is 5. The van der Waals surface area contributed by atoms with Gasteiger partial charge in [-0.25, -0.2) is 4.39 Å². The topological polar surface area (TPSA) is 193 Å². The largest absolute Gasteiger partial charge is 0.364 e. The van der Waals surface area contributed by atoms with Crippen LogP contribution in [0, 0.1) is 11.7 Å². The number of benzene rings is 2. The lowest BCUT2D eigenvalue weighted by Crippen LogP contribution is -2.54. The van der Waals surface area contributed by atoms with Gasteiger partial charge in [0.1, 0.15) is 11.9 Å². The summed E-state index contributed by atoms with van der Waals surface area (Å²) < 4.78 is 15.3. The highest BCUT2D eigenvalue weighted by Gasteiger charge is 2.45. The maximum Gasteiger partial charge on any atom is 0.273 e. The van der Waals surface area contributed by atoms with E-state index in [0.717, 1.165) is 55.9 Å². The van der Waals surface area contributed by atoms with Crippen molar-refractivity contribution in [1.29, 1.82) is 0 Å². The molecule has 1 aromatic heterocycles. The molecule has 0 saturated carbocycles. The Morgan fingerprint density at radius 3 is 2.51 bits per heavy atom. The van der Waals surface area contributed by atoms with Crippen molar-refractivity contribution in [2.75, 3.05) is 31.5 Å². The Balaban J connectivity index is 0.974. The third-order valence-corrected chi connectivity index (χ3v) is 10.0. The van der Waals surface area contributed by atoms with Crippen LogP contribution in [0.15, 0.2) is 36.4 Å². The van der Waals surface area contributed by atoms with Crippen LogP contribution in [0.1, 0.15) is 86.4 Å². The van der Waals surface area contributed by atoms with Gasteiger partial charge in [-0.15, -0.1) is 10.2 Å². The minimum absolute atomic E-state index is 0.0122. The number of aromatic nitrogens is 3. The standard InChI is InChI=1S/C33H33ClFN9O5/c34-33-40-29(27(28(36)46)41-42-33)38-19-2-4-20(23(35)14-19)16-8-11-43(12-9-16)15-18-7-10-37-26(18)17-1-3-21-22(13-17)32(49)44(31(21)48)24-5-6-25(45)39-30(24)47/h1-4,13-14,16,18,24,26,37H,5-12,15H2,(H2,36,46)(H,38,40,42)(H,39,45,47). The number of imide groups is 2. The van der Waals surface area contributed by atoms with Gasteiger partial charge in [-0.1, -0.05) is 12.1 Å². The number of hydrogen-bond donors (Lipinski definition) is 4. The number of likely N-dealkylation sites (tertiary alicyclic amines) is 1. The highest BCUT2D eigenvalue weighted by atomic mass is 35.5. The molecule has 5 N–H and O–H groups in total. The maximum absolute atomic E-state index is 15.3. The lowest BCUT2D eigenvalue weighted by Gasteiger charge is -2.35. The SMILES string of the molecule is NC(=O)c1nnc(Cl)nc1Nc1ccc(C2CCN(CC3CCNC3c3ccc4c(c3)C(=O)N(C3CCC(=O)NC3=O)C4=O)CC2)c(F)c1. The van der Waals surface area contributed by atoms with E-state index >= 15 is 4.39 Å². The van der Waals surface area contributed by atoms with Crippen LogP contribution >= 0.6 is 11.6 Å². The first-order valence-electron chi connectivity index (χ1n) is 16.1. The molecule has 2 aromatic carbocycles. The molecule has 3 unspecified atom stereocenters. The fourth-order valence-electron chi connectivity index (χ4n) is 7.42. The Labute approximate surface area is 285 Å². The number of nitrogens with one attached hydrogen (secondary N) is 3. The van der Waals surface area contributed by atoms with Crippen molar-refractivity contribution in [3.63, 3.8) is 0 Å². The van der Waals surface area contributed by atoms with Gasteiger partial charge >= 0.3 is 0 Å². The quantitative estimate of drug-likeness (QED) is 0.254. The van der Waals surface area contributed by atoms with Crippen molar-refractivity contribution in [3.05, 3.63) is 75.4 Å². The van der Waals surface area contributed by atoms with Crippen LogP contribution in [0.4, 0.5) is 15.9 Å². The van der Waals surface area contributed by atoms with Crippen molar-refractivity contribution in [3.8, 4) is 0 Å². The summed E-state index contributed by atoms with van der Waals surface area (Å²) in [4.78, 5) is 69.6. The number of carbonyl (C=O) groups excluding carboxylic acids is 5. The summed E-state index contributed by atoms with van der Waals surface area (Å²) >= 11 is 5.81. The summed E-state index contributed by atoms with van der Waals surface area (Å²) in [5.41, 5.74) is 7.54. The van der Waals surface area contributed by atoms with Crippen LogP contribution < -0.4 is 21.7 Å². The molecule has 3 aromatic rings. The molecule has 14 nitrogen and oxygen atoms in total. The van der Waals surface area contributed by atoms with E-state index in [1.165, 1.54) is 6.07 Å². The second-order valence-electron chi connectivity index (χ2n) is 12.8. The Hall–Kier alpha value is -4.86. The molecule has 0 bridgehead atoms. The van der Waals surface area contributed by atoms with Gasteiger partial charge in [0.25, 0.3) is 17.7 Å². The fraction of sp³-hybridized carbons (Fsp3) is 0.394. The molecule has 4 aliphatic heterocycles. The molecule has 0 aliphatic carbocycles. The predicted octanol–water partition coefficient (Wildman–Crippen LogP) is 2.44. The number of rotatable bonds is 8. The summed E-state index contributed by atoms with van der Waals surface area (Å²) in [6.07, 6.45) is 2.66. The molecule has 16 heteroatoms. The summed E-state index contributed by atoms with van der Waals surface area (Å²) in [6, 6.07) is 9.04. The number of halogens is 2. The molecular weight excluding hydrogens is 657 g/mol. The van der Waals surface area contributed by atoms with Gasteiger partial charge in [-0.3, -0.25) is 34.2 Å². The zero-order valence-electron chi connectivity index (χ0n) is 26.2. The Morgan fingerprint density at radius 1 is 1.00 bits per heavy atom. The fourth-order valence-corrected chi connectivity index (χ4v) is 7.54. The molecule has 5 amide bonds. The van der Waals surface area contributed by atoms with Gasteiger partial charge in [-0.05, 0) is 104 Å².